The van der Waals surface area contributed by atoms with Gasteiger partial charge >= 0.3 is 0 Å². The number of carbonyl (C=O) groups excluding carboxylic acids is 1. The van der Waals surface area contributed by atoms with Crippen LogP contribution in [0.3, 0.4) is 0 Å². The van der Waals surface area contributed by atoms with Gasteiger partial charge in [-0.3, -0.25) is 14.9 Å². The van der Waals surface area contributed by atoms with Crippen LogP contribution < -0.4 is 5.32 Å². The molecule has 0 radical (unpaired) electrons. The number of nitrogens with one attached hydrogen (secondary N) is 1. The molecular weight excluding hydrogens is 396 g/mol. The Morgan fingerprint density at radius 3 is 2.38 bits per heavy atom. The third-order valence-corrected chi connectivity index (χ3v) is 6.53. The van der Waals surface area contributed by atoms with Crippen molar-refractivity contribution >= 4 is 27.3 Å². The van der Waals surface area contributed by atoms with E-state index in [1.807, 2.05) is 6.07 Å². The minimum atomic E-state index is -3.44. The number of nitro groups is 1. The van der Waals surface area contributed by atoms with Gasteiger partial charge in [0.25, 0.3) is 5.69 Å². The SMILES string of the molecule is O=C(CNc1cccc([N+](=O)[O-])c1)N1CCN(S(=O)(=O)Cc2ccccc2)CC1. The summed E-state index contributed by atoms with van der Waals surface area (Å²) >= 11 is 0. The van der Waals surface area contributed by atoms with Crippen LogP contribution in [-0.2, 0) is 20.6 Å². The first-order chi connectivity index (χ1) is 13.8. The first-order valence-corrected chi connectivity index (χ1v) is 10.7. The zero-order valence-electron chi connectivity index (χ0n) is 15.7. The van der Waals surface area contributed by atoms with Crippen LogP contribution in [-0.4, -0.2) is 61.2 Å². The van der Waals surface area contributed by atoms with E-state index in [1.54, 1.807) is 41.3 Å². The number of anilines is 1. The van der Waals surface area contributed by atoms with E-state index in [1.165, 1.54) is 16.4 Å². The second-order valence-corrected chi connectivity index (χ2v) is 8.65. The number of nitro benzene ring substituents is 1. The lowest BCUT2D eigenvalue weighted by Crippen LogP contribution is -2.51. The molecule has 2 aromatic carbocycles. The van der Waals surface area contributed by atoms with Gasteiger partial charge in [0.05, 0.1) is 17.2 Å². The predicted molar refractivity (Wildman–Crippen MR) is 109 cm³/mol. The lowest BCUT2D eigenvalue weighted by Gasteiger charge is -2.34. The average Bonchev–Trinajstić information content (AvgIpc) is 2.72. The second-order valence-electron chi connectivity index (χ2n) is 6.68. The summed E-state index contributed by atoms with van der Waals surface area (Å²) in [7, 11) is -3.44. The van der Waals surface area contributed by atoms with Gasteiger partial charge < -0.3 is 10.2 Å². The fourth-order valence-corrected chi connectivity index (χ4v) is 4.63. The molecule has 0 aliphatic carbocycles. The molecule has 0 bridgehead atoms. The van der Waals surface area contributed by atoms with Crippen LogP contribution >= 0.6 is 0 Å². The monoisotopic (exact) mass is 418 g/mol. The van der Waals surface area contributed by atoms with E-state index in [4.69, 9.17) is 0 Å². The molecule has 1 saturated heterocycles. The van der Waals surface area contributed by atoms with Gasteiger partial charge in [0, 0.05) is 44.0 Å². The van der Waals surface area contributed by atoms with Crippen LogP contribution in [0.2, 0.25) is 0 Å². The molecule has 10 heteroatoms. The van der Waals surface area contributed by atoms with Crippen LogP contribution in [0.15, 0.2) is 54.6 Å². The average molecular weight is 418 g/mol. The highest BCUT2D eigenvalue weighted by Crippen LogP contribution is 2.17. The summed E-state index contributed by atoms with van der Waals surface area (Å²) in [5, 5.41) is 13.7. The molecule has 1 heterocycles. The van der Waals surface area contributed by atoms with Crippen LogP contribution in [0.25, 0.3) is 0 Å². The number of amides is 1. The molecule has 9 nitrogen and oxygen atoms in total. The molecule has 1 amide bonds. The number of piperazine rings is 1. The number of hydrogen-bond acceptors (Lipinski definition) is 6. The number of rotatable bonds is 7. The molecule has 0 spiro atoms. The minimum Gasteiger partial charge on any atom is -0.376 e. The molecule has 3 rings (SSSR count). The van der Waals surface area contributed by atoms with Crippen molar-refractivity contribution < 1.29 is 18.1 Å². The van der Waals surface area contributed by atoms with Crippen LogP contribution in [0.1, 0.15) is 5.56 Å². The first-order valence-electron chi connectivity index (χ1n) is 9.13. The lowest BCUT2D eigenvalue weighted by molar-refractivity contribution is -0.384. The molecular formula is C19H22N4O5S. The summed E-state index contributed by atoms with van der Waals surface area (Å²) in [5.74, 6) is -0.243. The smallest absolute Gasteiger partial charge is 0.271 e. The van der Waals surface area contributed by atoms with Gasteiger partial charge in [0.15, 0.2) is 0 Å². The molecule has 0 saturated carbocycles. The number of benzene rings is 2. The number of sulfonamides is 1. The minimum absolute atomic E-state index is 0.0159. The fraction of sp³-hybridized carbons (Fsp3) is 0.316. The standard InChI is InChI=1S/C19H22N4O5S/c24-19(14-20-17-7-4-8-18(13-17)23(25)26)21-9-11-22(12-10-21)29(27,28)15-16-5-2-1-3-6-16/h1-8,13,20H,9-12,14-15H2. The van der Waals surface area contributed by atoms with Gasteiger partial charge in [0.1, 0.15) is 0 Å². The summed E-state index contributed by atoms with van der Waals surface area (Å²) < 4.78 is 26.6. The zero-order valence-corrected chi connectivity index (χ0v) is 16.5. The second kappa shape index (κ2) is 9.01. The van der Waals surface area contributed by atoms with E-state index in [-0.39, 0.29) is 37.0 Å². The molecule has 154 valence electrons. The molecule has 1 aliphatic heterocycles. The van der Waals surface area contributed by atoms with E-state index in [9.17, 15) is 23.3 Å². The van der Waals surface area contributed by atoms with Crippen molar-refractivity contribution in [3.8, 4) is 0 Å². The fourth-order valence-electron chi connectivity index (χ4n) is 3.11. The van der Waals surface area contributed by atoms with Crippen LogP contribution in [0.5, 0.6) is 0 Å². The Labute approximate surface area is 169 Å². The molecule has 2 aromatic rings. The molecule has 1 aliphatic rings. The summed E-state index contributed by atoms with van der Waals surface area (Å²) in [4.78, 5) is 24.3. The summed E-state index contributed by atoms with van der Waals surface area (Å²) in [6.45, 7) is 1.10. The molecule has 0 unspecified atom stereocenters. The maximum atomic E-state index is 12.6. The van der Waals surface area contributed by atoms with Crippen molar-refractivity contribution in [2.75, 3.05) is 38.0 Å². The normalized spacial score (nSPS) is 15.1. The Balaban J connectivity index is 1.50. The largest absolute Gasteiger partial charge is 0.376 e. The van der Waals surface area contributed by atoms with Crippen molar-refractivity contribution in [2.45, 2.75) is 5.75 Å². The summed E-state index contributed by atoms with van der Waals surface area (Å²) in [6, 6.07) is 14.9. The number of nitrogens with zero attached hydrogens (tertiary/aromatic N) is 3. The van der Waals surface area contributed by atoms with Crippen molar-refractivity contribution in [1.29, 1.82) is 0 Å². The van der Waals surface area contributed by atoms with Gasteiger partial charge in [-0.05, 0) is 11.6 Å². The Bertz CT molecular complexity index is 973. The molecule has 1 fully saturated rings. The lowest BCUT2D eigenvalue weighted by atomic mass is 10.2. The van der Waals surface area contributed by atoms with Crippen molar-refractivity contribution in [1.82, 2.24) is 9.21 Å². The van der Waals surface area contributed by atoms with Crippen molar-refractivity contribution in [3.05, 3.63) is 70.3 Å². The Morgan fingerprint density at radius 1 is 1.03 bits per heavy atom. The maximum Gasteiger partial charge on any atom is 0.271 e. The number of hydrogen-bond donors (Lipinski definition) is 1. The quantitative estimate of drug-likeness (QED) is 0.541. The molecule has 0 atom stereocenters. The van der Waals surface area contributed by atoms with E-state index >= 15 is 0 Å². The van der Waals surface area contributed by atoms with Gasteiger partial charge in [-0.2, -0.15) is 4.31 Å². The van der Waals surface area contributed by atoms with Gasteiger partial charge in [-0.1, -0.05) is 36.4 Å². The molecule has 1 N–H and O–H groups in total. The summed E-state index contributed by atoms with van der Waals surface area (Å²) in [5.41, 5.74) is 1.16. The third kappa shape index (κ3) is 5.52. The third-order valence-electron chi connectivity index (χ3n) is 4.68. The van der Waals surface area contributed by atoms with Crippen LogP contribution in [0.4, 0.5) is 11.4 Å². The summed E-state index contributed by atoms with van der Waals surface area (Å²) in [6.07, 6.45) is 0. The highest BCUT2D eigenvalue weighted by Gasteiger charge is 2.28. The molecule has 0 aromatic heterocycles. The topological polar surface area (TPSA) is 113 Å². The van der Waals surface area contributed by atoms with Crippen molar-refractivity contribution in [3.63, 3.8) is 0 Å². The van der Waals surface area contributed by atoms with Gasteiger partial charge in [-0.15, -0.1) is 0 Å². The zero-order chi connectivity index (χ0) is 20.9. The Hall–Kier alpha value is -2.98. The van der Waals surface area contributed by atoms with Gasteiger partial charge in [-0.25, -0.2) is 8.42 Å². The Kier molecular flexibility index (Phi) is 6.45. The van der Waals surface area contributed by atoms with E-state index in [2.05, 4.69) is 5.32 Å². The van der Waals surface area contributed by atoms with E-state index in [0.717, 1.165) is 5.56 Å². The first kappa shape index (κ1) is 20.7. The van der Waals surface area contributed by atoms with E-state index in [0.29, 0.717) is 18.8 Å². The number of non-ortho nitro benzene ring substituents is 1. The maximum absolute atomic E-state index is 12.6. The van der Waals surface area contributed by atoms with E-state index < -0.39 is 14.9 Å². The number of carbonyl (C=O) groups is 1. The predicted octanol–water partition coefficient (Wildman–Crippen LogP) is 1.68. The van der Waals surface area contributed by atoms with Gasteiger partial charge in [0.2, 0.25) is 15.9 Å². The Morgan fingerprint density at radius 2 is 1.72 bits per heavy atom. The highest BCUT2D eigenvalue weighted by molar-refractivity contribution is 7.88. The van der Waals surface area contributed by atoms with Crippen LogP contribution in [0, 0.1) is 10.1 Å². The molecule has 29 heavy (non-hydrogen) atoms. The van der Waals surface area contributed by atoms with Crippen molar-refractivity contribution in [2.24, 2.45) is 0 Å². The highest BCUT2D eigenvalue weighted by atomic mass is 32.2.